The van der Waals surface area contributed by atoms with Crippen molar-refractivity contribution in [1.82, 2.24) is 0 Å². The normalized spacial score (nSPS) is 12.0. The SMILES string of the molecule is CCCCCCC(C)OC(=O)c1ccccc1N(C)C. The third kappa shape index (κ3) is 5.24. The van der Waals surface area contributed by atoms with Crippen molar-refractivity contribution in [3.63, 3.8) is 0 Å². The zero-order valence-corrected chi connectivity index (χ0v) is 13.2. The highest BCUT2D eigenvalue weighted by atomic mass is 16.5. The molecule has 1 aromatic carbocycles. The molecule has 0 aliphatic heterocycles. The summed E-state index contributed by atoms with van der Waals surface area (Å²) < 4.78 is 5.54. The molecule has 0 amide bonds. The van der Waals surface area contributed by atoms with E-state index in [-0.39, 0.29) is 12.1 Å². The van der Waals surface area contributed by atoms with Gasteiger partial charge in [-0.1, -0.05) is 38.3 Å². The molecule has 0 saturated carbocycles. The highest BCUT2D eigenvalue weighted by molar-refractivity contribution is 5.95. The van der Waals surface area contributed by atoms with E-state index < -0.39 is 0 Å². The molecule has 0 aromatic heterocycles. The first kappa shape index (κ1) is 16.5. The average Bonchev–Trinajstić information content (AvgIpc) is 2.43. The molecule has 0 fully saturated rings. The van der Waals surface area contributed by atoms with Crippen LogP contribution in [0.4, 0.5) is 5.69 Å². The van der Waals surface area contributed by atoms with Crippen molar-refractivity contribution in [1.29, 1.82) is 0 Å². The first-order valence-electron chi connectivity index (χ1n) is 7.53. The zero-order chi connectivity index (χ0) is 15.0. The van der Waals surface area contributed by atoms with Crippen LogP contribution in [0, 0.1) is 0 Å². The Hall–Kier alpha value is -1.51. The van der Waals surface area contributed by atoms with Crippen LogP contribution in [0.15, 0.2) is 24.3 Å². The van der Waals surface area contributed by atoms with Gasteiger partial charge in [-0.15, -0.1) is 0 Å². The maximum Gasteiger partial charge on any atom is 0.340 e. The molecule has 1 unspecified atom stereocenters. The van der Waals surface area contributed by atoms with E-state index in [4.69, 9.17) is 4.74 Å². The first-order chi connectivity index (χ1) is 9.56. The molecule has 0 aliphatic carbocycles. The van der Waals surface area contributed by atoms with Gasteiger partial charge < -0.3 is 9.64 Å². The van der Waals surface area contributed by atoms with E-state index in [1.54, 1.807) is 0 Å². The lowest BCUT2D eigenvalue weighted by atomic mass is 10.1. The van der Waals surface area contributed by atoms with Gasteiger partial charge in [-0.25, -0.2) is 4.79 Å². The molecule has 0 spiro atoms. The Labute approximate surface area is 122 Å². The molecule has 3 heteroatoms. The molecule has 0 bridgehead atoms. The number of rotatable bonds is 8. The molecule has 112 valence electrons. The summed E-state index contributed by atoms with van der Waals surface area (Å²) in [6, 6.07) is 7.56. The van der Waals surface area contributed by atoms with E-state index in [0.717, 1.165) is 18.5 Å². The third-order valence-corrected chi connectivity index (χ3v) is 3.38. The Morgan fingerprint density at radius 3 is 2.55 bits per heavy atom. The Morgan fingerprint density at radius 2 is 1.90 bits per heavy atom. The highest BCUT2D eigenvalue weighted by Gasteiger charge is 2.16. The van der Waals surface area contributed by atoms with E-state index in [9.17, 15) is 4.79 Å². The fraction of sp³-hybridized carbons (Fsp3) is 0.588. The van der Waals surface area contributed by atoms with Crippen LogP contribution >= 0.6 is 0 Å². The first-order valence-corrected chi connectivity index (χ1v) is 7.53. The number of para-hydroxylation sites is 1. The summed E-state index contributed by atoms with van der Waals surface area (Å²) in [5.41, 5.74) is 1.54. The van der Waals surface area contributed by atoms with E-state index in [2.05, 4.69) is 6.92 Å². The number of carbonyl (C=O) groups is 1. The van der Waals surface area contributed by atoms with Crippen molar-refractivity contribution in [2.75, 3.05) is 19.0 Å². The second-order valence-electron chi connectivity index (χ2n) is 5.48. The molecule has 1 atom stereocenters. The summed E-state index contributed by atoms with van der Waals surface area (Å²) in [7, 11) is 3.86. The summed E-state index contributed by atoms with van der Waals surface area (Å²) in [5, 5.41) is 0. The number of hydrogen-bond donors (Lipinski definition) is 0. The summed E-state index contributed by atoms with van der Waals surface area (Å²) >= 11 is 0. The van der Waals surface area contributed by atoms with Gasteiger partial charge in [0.1, 0.15) is 0 Å². The van der Waals surface area contributed by atoms with E-state index in [1.807, 2.05) is 50.2 Å². The van der Waals surface area contributed by atoms with Crippen LogP contribution in [-0.2, 0) is 4.74 Å². The largest absolute Gasteiger partial charge is 0.459 e. The summed E-state index contributed by atoms with van der Waals surface area (Å²) in [5.74, 6) is -0.225. The third-order valence-electron chi connectivity index (χ3n) is 3.38. The van der Waals surface area contributed by atoms with Gasteiger partial charge in [0.05, 0.1) is 17.4 Å². The van der Waals surface area contributed by atoms with Gasteiger partial charge in [-0.05, 0) is 31.9 Å². The van der Waals surface area contributed by atoms with Crippen molar-refractivity contribution in [2.45, 2.75) is 52.1 Å². The van der Waals surface area contributed by atoms with Crippen molar-refractivity contribution in [3.8, 4) is 0 Å². The molecule has 20 heavy (non-hydrogen) atoms. The summed E-state index contributed by atoms with van der Waals surface area (Å²) in [6.07, 6.45) is 5.74. The quantitative estimate of drug-likeness (QED) is 0.525. The zero-order valence-electron chi connectivity index (χ0n) is 13.2. The van der Waals surface area contributed by atoms with Crippen LogP contribution in [0.5, 0.6) is 0 Å². The molecule has 0 radical (unpaired) electrons. The predicted octanol–water partition coefficient (Wildman–Crippen LogP) is 4.27. The lowest BCUT2D eigenvalue weighted by Gasteiger charge is -2.18. The number of benzene rings is 1. The van der Waals surface area contributed by atoms with Crippen LogP contribution in [0.2, 0.25) is 0 Å². The Kier molecular flexibility index (Phi) is 7.13. The molecular formula is C17H27NO2. The molecule has 0 saturated heterocycles. The summed E-state index contributed by atoms with van der Waals surface area (Å²) in [4.78, 5) is 14.2. The van der Waals surface area contributed by atoms with Crippen molar-refractivity contribution < 1.29 is 9.53 Å². The lowest BCUT2D eigenvalue weighted by Crippen LogP contribution is -2.19. The van der Waals surface area contributed by atoms with Crippen LogP contribution < -0.4 is 4.90 Å². The van der Waals surface area contributed by atoms with Crippen molar-refractivity contribution >= 4 is 11.7 Å². The van der Waals surface area contributed by atoms with Gasteiger partial charge in [-0.3, -0.25) is 0 Å². The van der Waals surface area contributed by atoms with Gasteiger partial charge in [0.2, 0.25) is 0 Å². The number of ether oxygens (including phenoxy) is 1. The number of esters is 1. The maximum atomic E-state index is 12.2. The van der Waals surface area contributed by atoms with E-state index in [0.29, 0.717) is 5.56 Å². The Bertz CT molecular complexity index is 415. The number of anilines is 1. The minimum absolute atomic E-state index is 0.0189. The van der Waals surface area contributed by atoms with Gasteiger partial charge in [0, 0.05) is 14.1 Å². The number of nitrogens with zero attached hydrogens (tertiary/aromatic N) is 1. The molecular weight excluding hydrogens is 250 g/mol. The molecule has 0 heterocycles. The second-order valence-corrected chi connectivity index (χ2v) is 5.48. The average molecular weight is 277 g/mol. The fourth-order valence-electron chi connectivity index (χ4n) is 2.20. The lowest BCUT2D eigenvalue weighted by molar-refractivity contribution is 0.0320. The Balaban J connectivity index is 2.54. The minimum atomic E-state index is -0.225. The number of unbranched alkanes of at least 4 members (excludes halogenated alkanes) is 3. The molecule has 1 rings (SSSR count). The van der Waals surface area contributed by atoms with Gasteiger partial charge in [0.25, 0.3) is 0 Å². The smallest absolute Gasteiger partial charge is 0.340 e. The predicted molar refractivity (Wildman–Crippen MR) is 84.4 cm³/mol. The number of hydrogen-bond acceptors (Lipinski definition) is 3. The maximum absolute atomic E-state index is 12.2. The molecule has 3 nitrogen and oxygen atoms in total. The molecule has 1 aromatic rings. The summed E-state index contributed by atoms with van der Waals surface area (Å²) in [6.45, 7) is 4.17. The van der Waals surface area contributed by atoms with Crippen molar-refractivity contribution in [2.24, 2.45) is 0 Å². The van der Waals surface area contributed by atoms with E-state index in [1.165, 1.54) is 19.3 Å². The van der Waals surface area contributed by atoms with Gasteiger partial charge in [-0.2, -0.15) is 0 Å². The molecule has 0 aliphatic rings. The van der Waals surface area contributed by atoms with Gasteiger partial charge in [0.15, 0.2) is 0 Å². The topological polar surface area (TPSA) is 29.5 Å². The second kappa shape index (κ2) is 8.62. The van der Waals surface area contributed by atoms with Crippen LogP contribution in [-0.4, -0.2) is 26.2 Å². The van der Waals surface area contributed by atoms with Crippen molar-refractivity contribution in [3.05, 3.63) is 29.8 Å². The van der Waals surface area contributed by atoms with Crippen LogP contribution in [0.1, 0.15) is 56.3 Å². The Morgan fingerprint density at radius 1 is 1.20 bits per heavy atom. The standard InChI is InChI=1S/C17H27NO2/c1-5-6-7-8-11-14(2)20-17(19)15-12-9-10-13-16(15)18(3)4/h9-10,12-14H,5-8,11H2,1-4H3. The molecule has 0 N–H and O–H groups in total. The fourth-order valence-corrected chi connectivity index (χ4v) is 2.20. The van der Waals surface area contributed by atoms with Gasteiger partial charge >= 0.3 is 5.97 Å². The van der Waals surface area contributed by atoms with E-state index >= 15 is 0 Å². The minimum Gasteiger partial charge on any atom is -0.459 e. The monoisotopic (exact) mass is 277 g/mol. The number of carbonyl (C=O) groups excluding carboxylic acids is 1. The van der Waals surface area contributed by atoms with Crippen LogP contribution in [0.25, 0.3) is 0 Å². The highest BCUT2D eigenvalue weighted by Crippen LogP contribution is 2.20. The van der Waals surface area contributed by atoms with Crippen LogP contribution in [0.3, 0.4) is 0 Å².